The number of methoxy groups -OCH3 is 1. The minimum atomic E-state index is -0.111. The first-order valence-corrected chi connectivity index (χ1v) is 5.03. The highest BCUT2D eigenvalue weighted by atomic mass is 16.5. The van der Waals surface area contributed by atoms with Crippen molar-refractivity contribution in [2.24, 2.45) is 5.73 Å². The van der Waals surface area contributed by atoms with Gasteiger partial charge in [-0.3, -0.25) is 4.79 Å². The van der Waals surface area contributed by atoms with Crippen LogP contribution in [0.5, 0.6) is 0 Å². The number of hydrogen-bond donors (Lipinski definition) is 1. The maximum Gasteiger partial charge on any atom is 0.305 e. The molecule has 3 nitrogen and oxygen atoms in total. The van der Waals surface area contributed by atoms with E-state index in [0.29, 0.717) is 12.5 Å². The molecule has 3 heteroatoms. The molecule has 0 heterocycles. The third-order valence-electron chi connectivity index (χ3n) is 2.21. The van der Waals surface area contributed by atoms with Crippen molar-refractivity contribution in [1.29, 1.82) is 0 Å². The molecule has 0 fully saturated rings. The molecule has 0 spiro atoms. The molecule has 0 saturated heterocycles. The number of rotatable bonds is 7. The van der Waals surface area contributed by atoms with Crippen molar-refractivity contribution in [1.82, 2.24) is 0 Å². The Balaban J connectivity index is 3.12. The highest BCUT2D eigenvalue weighted by molar-refractivity contribution is 5.68. The third kappa shape index (κ3) is 7.78. The number of carbonyl (C=O) groups excluding carboxylic acids is 1. The maximum atomic E-state index is 10.7. The summed E-state index contributed by atoms with van der Waals surface area (Å²) in [5, 5.41) is 0. The summed E-state index contributed by atoms with van der Waals surface area (Å²) < 4.78 is 4.54. The van der Waals surface area contributed by atoms with Gasteiger partial charge < -0.3 is 10.5 Å². The Kier molecular flexibility index (Phi) is 7.69. The van der Waals surface area contributed by atoms with Gasteiger partial charge in [-0.1, -0.05) is 19.8 Å². The van der Waals surface area contributed by atoms with Gasteiger partial charge in [-0.05, 0) is 19.3 Å². The lowest BCUT2D eigenvalue weighted by molar-refractivity contribution is -0.140. The summed E-state index contributed by atoms with van der Waals surface area (Å²) in [5.74, 6) is -0.111. The Labute approximate surface area is 80.6 Å². The van der Waals surface area contributed by atoms with Crippen molar-refractivity contribution in [3.05, 3.63) is 0 Å². The van der Waals surface area contributed by atoms with Gasteiger partial charge in [-0.25, -0.2) is 0 Å². The lowest BCUT2D eigenvalue weighted by Gasteiger charge is -2.07. The molecule has 0 radical (unpaired) electrons. The van der Waals surface area contributed by atoms with Crippen LogP contribution in [0.4, 0.5) is 0 Å². The molecule has 0 amide bonds. The smallest absolute Gasteiger partial charge is 0.305 e. The van der Waals surface area contributed by atoms with E-state index in [0.717, 1.165) is 32.1 Å². The van der Waals surface area contributed by atoms with Crippen molar-refractivity contribution >= 4 is 5.97 Å². The molecule has 0 bridgehead atoms. The molecule has 78 valence electrons. The fourth-order valence-electron chi connectivity index (χ4n) is 1.16. The van der Waals surface area contributed by atoms with Crippen LogP contribution in [0.15, 0.2) is 0 Å². The fraction of sp³-hybridized carbons (Fsp3) is 0.900. The average Bonchev–Trinajstić information content (AvgIpc) is 2.16. The summed E-state index contributed by atoms with van der Waals surface area (Å²) >= 11 is 0. The van der Waals surface area contributed by atoms with Crippen molar-refractivity contribution in [3.8, 4) is 0 Å². The molecule has 1 unspecified atom stereocenters. The summed E-state index contributed by atoms with van der Waals surface area (Å²) in [6.07, 6.45) is 5.75. The largest absolute Gasteiger partial charge is 0.469 e. The first-order chi connectivity index (χ1) is 6.20. The quantitative estimate of drug-likeness (QED) is 0.489. The van der Waals surface area contributed by atoms with Crippen LogP contribution in [-0.2, 0) is 9.53 Å². The van der Waals surface area contributed by atoms with Crippen LogP contribution in [0.1, 0.15) is 45.4 Å². The zero-order chi connectivity index (χ0) is 10.1. The number of unbranched alkanes of at least 4 members (excludes halogenated alkanes) is 2. The Hall–Kier alpha value is -0.570. The molecule has 0 aromatic rings. The van der Waals surface area contributed by atoms with Gasteiger partial charge in [0.2, 0.25) is 0 Å². The van der Waals surface area contributed by atoms with E-state index >= 15 is 0 Å². The highest BCUT2D eigenvalue weighted by Gasteiger charge is 2.01. The number of carbonyl (C=O) groups is 1. The van der Waals surface area contributed by atoms with E-state index in [1.54, 1.807) is 0 Å². The second-order valence-electron chi connectivity index (χ2n) is 3.34. The van der Waals surface area contributed by atoms with Crippen LogP contribution in [0, 0.1) is 0 Å². The molecular formula is C10H21NO2. The van der Waals surface area contributed by atoms with E-state index in [-0.39, 0.29) is 5.97 Å². The predicted molar refractivity (Wildman–Crippen MR) is 53.4 cm³/mol. The highest BCUT2D eigenvalue weighted by Crippen LogP contribution is 2.06. The first kappa shape index (κ1) is 12.4. The summed E-state index contributed by atoms with van der Waals surface area (Å²) in [7, 11) is 1.43. The summed E-state index contributed by atoms with van der Waals surface area (Å²) in [4.78, 5) is 10.7. The van der Waals surface area contributed by atoms with Crippen LogP contribution in [-0.4, -0.2) is 19.1 Å². The van der Waals surface area contributed by atoms with Gasteiger partial charge in [0.15, 0.2) is 0 Å². The van der Waals surface area contributed by atoms with Crippen molar-refractivity contribution in [2.45, 2.75) is 51.5 Å². The first-order valence-electron chi connectivity index (χ1n) is 5.03. The Morgan fingerprint density at radius 2 is 2.08 bits per heavy atom. The summed E-state index contributed by atoms with van der Waals surface area (Å²) in [6.45, 7) is 2.10. The van der Waals surface area contributed by atoms with Crippen molar-refractivity contribution in [2.75, 3.05) is 7.11 Å². The molecule has 0 aliphatic rings. The molecule has 0 aromatic carbocycles. The third-order valence-corrected chi connectivity index (χ3v) is 2.21. The van der Waals surface area contributed by atoms with E-state index in [9.17, 15) is 4.79 Å². The molecule has 1 atom stereocenters. The van der Waals surface area contributed by atoms with E-state index < -0.39 is 0 Å². The zero-order valence-corrected chi connectivity index (χ0v) is 8.71. The van der Waals surface area contributed by atoms with E-state index in [1.165, 1.54) is 7.11 Å². The minimum Gasteiger partial charge on any atom is -0.469 e. The van der Waals surface area contributed by atoms with Crippen molar-refractivity contribution < 1.29 is 9.53 Å². The topological polar surface area (TPSA) is 52.3 Å². The van der Waals surface area contributed by atoms with Gasteiger partial charge in [0, 0.05) is 12.5 Å². The Morgan fingerprint density at radius 3 is 2.62 bits per heavy atom. The predicted octanol–water partition coefficient (Wildman–Crippen LogP) is 1.85. The van der Waals surface area contributed by atoms with Crippen LogP contribution in [0.25, 0.3) is 0 Å². The van der Waals surface area contributed by atoms with Gasteiger partial charge in [-0.2, -0.15) is 0 Å². The molecule has 0 aliphatic heterocycles. The van der Waals surface area contributed by atoms with Crippen molar-refractivity contribution in [3.63, 3.8) is 0 Å². The normalized spacial score (nSPS) is 12.5. The molecule has 0 aromatic heterocycles. The molecule has 0 aliphatic carbocycles. The van der Waals surface area contributed by atoms with Gasteiger partial charge in [0.05, 0.1) is 7.11 Å². The zero-order valence-electron chi connectivity index (χ0n) is 8.71. The average molecular weight is 187 g/mol. The number of esters is 1. The van der Waals surface area contributed by atoms with Crippen LogP contribution in [0.3, 0.4) is 0 Å². The molecule has 2 N–H and O–H groups in total. The maximum absolute atomic E-state index is 10.7. The number of hydrogen-bond acceptors (Lipinski definition) is 3. The van der Waals surface area contributed by atoms with Crippen LogP contribution >= 0.6 is 0 Å². The molecule has 0 saturated carbocycles. The molecule has 13 heavy (non-hydrogen) atoms. The lowest BCUT2D eigenvalue weighted by atomic mass is 10.1. The number of ether oxygens (including phenoxy) is 1. The van der Waals surface area contributed by atoms with Gasteiger partial charge >= 0.3 is 5.97 Å². The lowest BCUT2D eigenvalue weighted by Crippen LogP contribution is -2.17. The van der Waals surface area contributed by atoms with E-state index in [4.69, 9.17) is 5.73 Å². The number of nitrogens with two attached hydrogens (primary N) is 1. The van der Waals surface area contributed by atoms with Crippen LogP contribution < -0.4 is 5.73 Å². The van der Waals surface area contributed by atoms with E-state index in [1.807, 2.05) is 0 Å². The molecule has 0 rings (SSSR count). The molecular weight excluding hydrogens is 166 g/mol. The second kappa shape index (κ2) is 8.05. The Morgan fingerprint density at radius 1 is 1.38 bits per heavy atom. The SMILES string of the molecule is CCC(N)CCCCCC(=O)OC. The standard InChI is InChI=1S/C10H21NO2/c1-3-9(11)7-5-4-6-8-10(12)13-2/h9H,3-8,11H2,1-2H3. The second-order valence-corrected chi connectivity index (χ2v) is 3.34. The van der Waals surface area contributed by atoms with Gasteiger partial charge in [0.25, 0.3) is 0 Å². The summed E-state index contributed by atoms with van der Waals surface area (Å²) in [5.41, 5.74) is 5.75. The van der Waals surface area contributed by atoms with Gasteiger partial charge in [0.1, 0.15) is 0 Å². The van der Waals surface area contributed by atoms with E-state index in [2.05, 4.69) is 11.7 Å². The fourth-order valence-corrected chi connectivity index (χ4v) is 1.16. The van der Waals surface area contributed by atoms with Gasteiger partial charge in [-0.15, -0.1) is 0 Å². The summed E-state index contributed by atoms with van der Waals surface area (Å²) in [6, 6.07) is 0.332. The van der Waals surface area contributed by atoms with Crippen LogP contribution in [0.2, 0.25) is 0 Å². The minimum absolute atomic E-state index is 0.111. The Bertz CT molecular complexity index is 137. The monoisotopic (exact) mass is 187 g/mol.